The maximum atomic E-state index is 12.1. The number of hydrogen-bond acceptors (Lipinski definition) is 2. The molecule has 0 aliphatic carbocycles. The average Bonchev–Trinajstić information content (AvgIpc) is 2.38. The number of carbonyl (C=O) groups excluding carboxylic acids is 1. The largest absolute Gasteiger partial charge is 0.324 e. The van der Waals surface area contributed by atoms with Crippen molar-refractivity contribution >= 4 is 22.4 Å². The summed E-state index contributed by atoms with van der Waals surface area (Å²) in [5, 5.41) is 5.07. The van der Waals surface area contributed by atoms with Crippen molar-refractivity contribution in [3.63, 3.8) is 0 Å². The SMILES string of the molecule is CC(C)CC(N)C(=O)Nc1cccc2ccccc12. The summed E-state index contributed by atoms with van der Waals surface area (Å²) >= 11 is 0. The number of hydrogen-bond donors (Lipinski definition) is 2. The van der Waals surface area contributed by atoms with Crippen molar-refractivity contribution in [1.29, 1.82) is 0 Å². The van der Waals surface area contributed by atoms with Crippen LogP contribution in [0.5, 0.6) is 0 Å². The van der Waals surface area contributed by atoms with Crippen molar-refractivity contribution < 1.29 is 4.79 Å². The number of anilines is 1. The van der Waals surface area contributed by atoms with Gasteiger partial charge in [-0.25, -0.2) is 0 Å². The third kappa shape index (κ3) is 3.32. The smallest absolute Gasteiger partial charge is 0.241 e. The molecular weight excluding hydrogens is 236 g/mol. The molecule has 19 heavy (non-hydrogen) atoms. The summed E-state index contributed by atoms with van der Waals surface area (Å²) in [4.78, 5) is 12.1. The van der Waals surface area contributed by atoms with Crippen LogP contribution in [-0.4, -0.2) is 11.9 Å². The van der Waals surface area contributed by atoms with Gasteiger partial charge < -0.3 is 11.1 Å². The molecule has 0 saturated heterocycles. The second-order valence-corrected chi connectivity index (χ2v) is 5.25. The molecule has 100 valence electrons. The first-order valence-corrected chi connectivity index (χ1v) is 6.62. The molecule has 3 heteroatoms. The van der Waals surface area contributed by atoms with Crippen molar-refractivity contribution in [2.45, 2.75) is 26.3 Å². The third-order valence-electron chi connectivity index (χ3n) is 3.11. The highest BCUT2D eigenvalue weighted by molar-refractivity contribution is 6.03. The van der Waals surface area contributed by atoms with Crippen molar-refractivity contribution in [3.05, 3.63) is 42.5 Å². The molecule has 1 atom stereocenters. The lowest BCUT2D eigenvalue weighted by molar-refractivity contribution is -0.117. The summed E-state index contributed by atoms with van der Waals surface area (Å²) in [5.41, 5.74) is 6.72. The van der Waals surface area contributed by atoms with E-state index < -0.39 is 6.04 Å². The molecule has 0 heterocycles. The van der Waals surface area contributed by atoms with Crippen LogP contribution >= 0.6 is 0 Å². The number of benzene rings is 2. The molecule has 2 rings (SSSR count). The van der Waals surface area contributed by atoms with Gasteiger partial charge in [-0.2, -0.15) is 0 Å². The molecule has 0 aliphatic rings. The lowest BCUT2D eigenvalue weighted by atomic mass is 10.0. The predicted molar refractivity (Wildman–Crippen MR) is 80.0 cm³/mol. The number of rotatable bonds is 4. The predicted octanol–water partition coefficient (Wildman–Crippen LogP) is 3.15. The second kappa shape index (κ2) is 5.85. The average molecular weight is 256 g/mol. The lowest BCUT2D eigenvalue weighted by Crippen LogP contribution is -2.36. The van der Waals surface area contributed by atoms with E-state index in [1.807, 2.05) is 42.5 Å². The van der Waals surface area contributed by atoms with Gasteiger partial charge in [-0.05, 0) is 23.8 Å². The highest BCUT2D eigenvalue weighted by Crippen LogP contribution is 2.23. The molecule has 3 nitrogen and oxygen atoms in total. The Labute approximate surface area is 113 Å². The molecule has 0 aliphatic heterocycles. The van der Waals surface area contributed by atoms with Crippen LogP contribution in [0.3, 0.4) is 0 Å². The van der Waals surface area contributed by atoms with E-state index >= 15 is 0 Å². The van der Waals surface area contributed by atoms with E-state index in [9.17, 15) is 4.79 Å². The Morgan fingerprint density at radius 3 is 2.58 bits per heavy atom. The van der Waals surface area contributed by atoms with Gasteiger partial charge in [0.2, 0.25) is 5.91 Å². The van der Waals surface area contributed by atoms with Crippen LogP contribution in [0.2, 0.25) is 0 Å². The Morgan fingerprint density at radius 1 is 1.16 bits per heavy atom. The molecule has 0 aromatic heterocycles. The van der Waals surface area contributed by atoms with Crippen LogP contribution < -0.4 is 11.1 Å². The Balaban J connectivity index is 2.19. The standard InChI is InChI=1S/C16H20N2O/c1-11(2)10-14(17)16(19)18-15-9-5-7-12-6-3-4-8-13(12)15/h3-9,11,14H,10,17H2,1-2H3,(H,18,19). The van der Waals surface area contributed by atoms with E-state index in [0.717, 1.165) is 16.5 Å². The number of fused-ring (bicyclic) bond motifs is 1. The molecule has 0 saturated carbocycles. The van der Waals surface area contributed by atoms with Crippen molar-refractivity contribution in [2.24, 2.45) is 11.7 Å². The summed E-state index contributed by atoms with van der Waals surface area (Å²) in [6.07, 6.45) is 0.691. The fourth-order valence-electron chi connectivity index (χ4n) is 2.17. The molecule has 1 unspecified atom stereocenters. The van der Waals surface area contributed by atoms with Gasteiger partial charge in [0.25, 0.3) is 0 Å². The summed E-state index contributed by atoms with van der Waals surface area (Å²) < 4.78 is 0. The van der Waals surface area contributed by atoms with Crippen molar-refractivity contribution in [1.82, 2.24) is 0 Å². The zero-order valence-corrected chi connectivity index (χ0v) is 11.4. The molecule has 2 aromatic carbocycles. The normalized spacial score (nSPS) is 12.6. The first-order chi connectivity index (χ1) is 9.08. The highest BCUT2D eigenvalue weighted by atomic mass is 16.2. The molecule has 2 aromatic rings. The minimum Gasteiger partial charge on any atom is -0.324 e. The molecule has 0 spiro atoms. The van der Waals surface area contributed by atoms with Gasteiger partial charge >= 0.3 is 0 Å². The fraction of sp³-hybridized carbons (Fsp3) is 0.312. The van der Waals surface area contributed by atoms with Crippen LogP contribution in [0.1, 0.15) is 20.3 Å². The Kier molecular flexibility index (Phi) is 4.17. The van der Waals surface area contributed by atoms with Crippen LogP contribution in [0.15, 0.2) is 42.5 Å². The van der Waals surface area contributed by atoms with Gasteiger partial charge in [0.1, 0.15) is 0 Å². The van der Waals surface area contributed by atoms with E-state index in [4.69, 9.17) is 5.73 Å². The zero-order chi connectivity index (χ0) is 13.8. The number of carbonyl (C=O) groups is 1. The summed E-state index contributed by atoms with van der Waals surface area (Å²) in [7, 11) is 0. The second-order valence-electron chi connectivity index (χ2n) is 5.25. The summed E-state index contributed by atoms with van der Waals surface area (Å²) in [6.45, 7) is 4.12. The molecule has 0 fully saturated rings. The molecule has 0 radical (unpaired) electrons. The quantitative estimate of drug-likeness (QED) is 0.883. The number of amides is 1. The van der Waals surface area contributed by atoms with E-state index in [0.29, 0.717) is 12.3 Å². The molecule has 1 amide bonds. The minimum atomic E-state index is -0.459. The molecular formula is C16H20N2O. The molecule has 3 N–H and O–H groups in total. The zero-order valence-electron chi connectivity index (χ0n) is 11.4. The van der Waals surface area contributed by atoms with Gasteiger partial charge in [-0.1, -0.05) is 50.2 Å². The lowest BCUT2D eigenvalue weighted by Gasteiger charge is -2.15. The summed E-state index contributed by atoms with van der Waals surface area (Å²) in [6, 6.07) is 13.4. The van der Waals surface area contributed by atoms with Crippen LogP contribution in [0.25, 0.3) is 10.8 Å². The Bertz CT molecular complexity index is 572. The van der Waals surface area contributed by atoms with Gasteiger partial charge in [0.15, 0.2) is 0 Å². The van der Waals surface area contributed by atoms with E-state index in [-0.39, 0.29) is 5.91 Å². The summed E-state index contributed by atoms with van der Waals surface area (Å²) in [5.74, 6) is 0.290. The van der Waals surface area contributed by atoms with Gasteiger partial charge in [0.05, 0.1) is 6.04 Å². The van der Waals surface area contributed by atoms with Gasteiger partial charge in [0, 0.05) is 11.1 Å². The van der Waals surface area contributed by atoms with E-state index in [1.54, 1.807) is 0 Å². The first kappa shape index (κ1) is 13.6. The Morgan fingerprint density at radius 2 is 1.84 bits per heavy atom. The minimum absolute atomic E-state index is 0.120. The topological polar surface area (TPSA) is 55.1 Å². The monoisotopic (exact) mass is 256 g/mol. The van der Waals surface area contributed by atoms with Gasteiger partial charge in [-0.15, -0.1) is 0 Å². The maximum Gasteiger partial charge on any atom is 0.241 e. The van der Waals surface area contributed by atoms with Crippen LogP contribution in [-0.2, 0) is 4.79 Å². The molecule has 0 bridgehead atoms. The third-order valence-corrected chi connectivity index (χ3v) is 3.11. The van der Waals surface area contributed by atoms with Crippen molar-refractivity contribution in [2.75, 3.05) is 5.32 Å². The van der Waals surface area contributed by atoms with Crippen molar-refractivity contribution in [3.8, 4) is 0 Å². The van der Waals surface area contributed by atoms with E-state index in [1.165, 1.54) is 0 Å². The van der Waals surface area contributed by atoms with Crippen LogP contribution in [0.4, 0.5) is 5.69 Å². The van der Waals surface area contributed by atoms with E-state index in [2.05, 4.69) is 19.2 Å². The Hall–Kier alpha value is -1.87. The highest BCUT2D eigenvalue weighted by Gasteiger charge is 2.15. The van der Waals surface area contributed by atoms with Gasteiger partial charge in [-0.3, -0.25) is 4.79 Å². The first-order valence-electron chi connectivity index (χ1n) is 6.62. The van der Waals surface area contributed by atoms with Crippen LogP contribution in [0, 0.1) is 5.92 Å². The number of nitrogens with two attached hydrogens (primary N) is 1. The maximum absolute atomic E-state index is 12.1. The fourth-order valence-corrected chi connectivity index (χ4v) is 2.17. The number of nitrogens with one attached hydrogen (secondary N) is 1.